The lowest BCUT2D eigenvalue weighted by Crippen LogP contribution is -2.32. The topological polar surface area (TPSA) is 49.4 Å². The molecule has 0 atom stereocenters. The third kappa shape index (κ3) is 3.18. The van der Waals surface area contributed by atoms with Crippen LogP contribution in [0.1, 0.15) is 12.5 Å². The molecule has 4 nitrogen and oxygen atoms in total. The Bertz CT molecular complexity index is 829. The van der Waals surface area contributed by atoms with Crippen LogP contribution in [-0.4, -0.2) is 11.8 Å². The van der Waals surface area contributed by atoms with Gasteiger partial charge in [-0.05, 0) is 71.0 Å². The molecule has 0 radical (unpaired) electrons. The summed E-state index contributed by atoms with van der Waals surface area (Å²) in [4.78, 5) is 26.1. The van der Waals surface area contributed by atoms with E-state index in [1.54, 1.807) is 12.1 Å². The third-order valence-electron chi connectivity index (χ3n) is 3.74. The van der Waals surface area contributed by atoms with E-state index < -0.39 is 11.8 Å². The highest BCUT2D eigenvalue weighted by atomic mass is 127. The number of nitrogens with zero attached hydrogens (tertiary/aromatic N) is 1. The molecule has 0 saturated heterocycles. The summed E-state index contributed by atoms with van der Waals surface area (Å²) in [5, 5.41) is 2.85. The lowest BCUT2D eigenvalue weighted by molar-refractivity contribution is -0.120. The normalized spacial score (nSPS) is 14.5. The van der Waals surface area contributed by atoms with E-state index in [1.165, 1.54) is 0 Å². The Morgan fingerprint density at radius 2 is 1.62 bits per heavy atom. The quantitative estimate of drug-likeness (QED) is 0.556. The van der Waals surface area contributed by atoms with Crippen molar-refractivity contribution in [2.75, 3.05) is 10.2 Å². The van der Waals surface area contributed by atoms with Crippen molar-refractivity contribution in [3.8, 4) is 0 Å². The summed E-state index contributed by atoms with van der Waals surface area (Å²) in [6.07, 6.45) is 0.890. The van der Waals surface area contributed by atoms with E-state index in [-0.39, 0.29) is 10.7 Å². The molecule has 1 N–H and O–H groups in total. The summed E-state index contributed by atoms with van der Waals surface area (Å²) in [5.74, 6) is -0.966. The van der Waals surface area contributed by atoms with E-state index >= 15 is 0 Å². The molecule has 2 amide bonds. The predicted molar refractivity (Wildman–Crippen MR) is 104 cm³/mol. The summed E-state index contributed by atoms with van der Waals surface area (Å²) in [5.41, 5.74) is 2.45. The number of halogens is 2. The molecule has 1 heterocycles. The zero-order chi connectivity index (χ0) is 17.3. The summed E-state index contributed by atoms with van der Waals surface area (Å²) >= 11 is 8.31. The van der Waals surface area contributed by atoms with Gasteiger partial charge in [-0.15, -0.1) is 0 Å². The molecule has 2 aromatic rings. The van der Waals surface area contributed by atoms with Crippen LogP contribution in [0.2, 0.25) is 0 Å². The second-order valence-electron chi connectivity index (χ2n) is 5.29. The van der Waals surface area contributed by atoms with Crippen LogP contribution in [0.3, 0.4) is 0 Å². The second-order valence-corrected chi connectivity index (χ2v) is 6.91. The van der Waals surface area contributed by atoms with E-state index in [0.29, 0.717) is 11.4 Å². The molecular weight excluding hydrogens is 439 g/mol. The number of nitrogens with one attached hydrogen (secondary N) is 1. The van der Waals surface area contributed by atoms with Crippen molar-refractivity contribution in [1.82, 2.24) is 0 Å². The van der Waals surface area contributed by atoms with Gasteiger partial charge >= 0.3 is 0 Å². The largest absolute Gasteiger partial charge is 0.350 e. The number of hydrogen-bond acceptors (Lipinski definition) is 3. The van der Waals surface area contributed by atoms with Gasteiger partial charge in [-0.3, -0.25) is 9.59 Å². The van der Waals surface area contributed by atoms with Gasteiger partial charge in [-0.1, -0.05) is 30.7 Å². The van der Waals surface area contributed by atoms with Crippen LogP contribution in [0.25, 0.3) is 0 Å². The molecule has 6 heteroatoms. The molecule has 0 unspecified atom stereocenters. The summed E-state index contributed by atoms with van der Waals surface area (Å²) < 4.78 is 1.07. The van der Waals surface area contributed by atoms with E-state index in [2.05, 4.69) is 27.9 Å². The van der Waals surface area contributed by atoms with Gasteiger partial charge in [-0.25, -0.2) is 4.90 Å². The maximum Gasteiger partial charge on any atom is 0.283 e. The lowest BCUT2D eigenvalue weighted by atomic mass is 10.1. The number of anilines is 2. The van der Waals surface area contributed by atoms with Gasteiger partial charge < -0.3 is 5.32 Å². The fourth-order valence-corrected chi connectivity index (χ4v) is 2.98. The smallest absolute Gasteiger partial charge is 0.283 e. The minimum absolute atomic E-state index is 0.0990. The standard InChI is InChI=1S/C18H14ClIN2O2/c1-2-11-3-9-14(10-4-11)22-17(23)15(19)16(18(22)24)21-13-7-5-12(20)6-8-13/h3-10,21H,2H2,1H3. The molecule has 1 aliphatic rings. The first-order valence-electron chi connectivity index (χ1n) is 7.41. The first-order valence-corrected chi connectivity index (χ1v) is 8.87. The molecule has 0 saturated carbocycles. The van der Waals surface area contributed by atoms with Gasteiger partial charge in [0.05, 0.1) is 5.69 Å². The Hall–Kier alpha value is -1.86. The number of amides is 2. The maximum atomic E-state index is 12.7. The Kier molecular flexibility index (Phi) is 4.91. The number of aryl methyl sites for hydroxylation is 1. The van der Waals surface area contributed by atoms with Crippen molar-refractivity contribution in [3.05, 3.63) is 68.4 Å². The Labute approximate surface area is 158 Å². The first-order chi connectivity index (χ1) is 11.5. The molecule has 0 fully saturated rings. The predicted octanol–water partition coefficient (Wildman–Crippen LogP) is 4.29. The molecule has 0 bridgehead atoms. The Morgan fingerprint density at radius 1 is 1.00 bits per heavy atom. The van der Waals surface area contributed by atoms with Crippen LogP contribution in [-0.2, 0) is 16.0 Å². The highest BCUT2D eigenvalue weighted by Crippen LogP contribution is 2.30. The monoisotopic (exact) mass is 452 g/mol. The number of imide groups is 1. The molecule has 3 rings (SSSR count). The fourth-order valence-electron chi connectivity index (χ4n) is 2.40. The van der Waals surface area contributed by atoms with Crippen molar-refractivity contribution < 1.29 is 9.59 Å². The van der Waals surface area contributed by atoms with Crippen LogP contribution in [0.5, 0.6) is 0 Å². The van der Waals surface area contributed by atoms with Crippen molar-refractivity contribution in [3.63, 3.8) is 0 Å². The lowest BCUT2D eigenvalue weighted by Gasteiger charge is -2.15. The van der Waals surface area contributed by atoms with Crippen LogP contribution in [0.4, 0.5) is 11.4 Å². The SMILES string of the molecule is CCc1ccc(N2C(=O)C(Cl)=C(Nc3ccc(I)cc3)C2=O)cc1. The second kappa shape index (κ2) is 6.94. The average molecular weight is 453 g/mol. The molecule has 24 heavy (non-hydrogen) atoms. The van der Waals surface area contributed by atoms with Crippen molar-refractivity contribution in [1.29, 1.82) is 0 Å². The molecule has 0 aromatic heterocycles. The van der Waals surface area contributed by atoms with Gasteiger partial charge in [0, 0.05) is 9.26 Å². The number of hydrogen-bond donors (Lipinski definition) is 1. The maximum absolute atomic E-state index is 12.7. The number of benzene rings is 2. The van der Waals surface area contributed by atoms with E-state index in [4.69, 9.17) is 11.6 Å². The molecule has 0 spiro atoms. The van der Waals surface area contributed by atoms with Gasteiger partial charge in [0.25, 0.3) is 11.8 Å². The van der Waals surface area contributed by atoms with Gasteiger partial charge in [0.1, 0.15) is 10.7 Å². The average Bonchev–Trinajstić information content (AvgIpc) is 2.80. The Balaban J connectivity index is 1.87. The van der Waals surface area contributed by atoms with Gasteiger partial charge in [-0.2, -0.15) is 0 Å². The first kappa shape index (κ1) is 17.0. The summed E-state index contributed by atoms with van der Waals surface area (Å²) in [6, 6.07) is 14.8. The number of rotatable bonds is 4. The van der Waals surface area contributed by atoms with Crippen LogP contribution in [0, 0.1) is 3.57 Å². The van der Waals surface area contributed by atoms with E-state index in [0.717, 1.165) is 20.5 Å². The van der Waals surface area contributed by atoms with Gasteiger partial charge in [0.2, 0.25) is 0 Å². The van der Waals surface area contributed by atoms with Crippen molar-refractivity contribution in [2.45, 2.75) is 13.3 Å². The molecule has 0 aliphatic carbocycles. The summed E-state index contributed by atoms with van der Waals surface area (Å²) in [6.45, 7) is 2.04. The van der Waals surface area contributed by atoms with E-state index in [9.17, 15) is 9.59 Å². The molecule has 1 aliphatic heterocycles. The zero-order valence-electron chi connectivity index (χ0n) is 12.8. The summed E-state index contributed by atoms with van der Waals surface area (Å²) in [7, 11) is 0. The Morgan fingerprint density at radius 3 is 2.21 bits per heavy atom. The van der Waals surface area contributed by atoms with Crippen molar-refractivity contribution in [2.24, 2.45) is 0 Å². The third-order valence-corrected chi connectivity index (χ3v) is 4.81. The van der Waals surface area contributed by atoms with Gasteiger partial charge in [0.15, 0.2) is 0 Å². The van der Waals surface area contributed by atoms with Crippen LogP contribution in [0.15, 0.2) is 59.3 Å². The van der Waals surface area contributed by atoms with Crippen LogP contribution < -0.4 is 10.2 Å². The zero-order valence-corrected chi connectivity index (χ0v) is 15.8. The minimum atomic E-state index is -0.515. The highest BCUT2D eigenvalue weighted by Gasteiger charge is 2.38. The number of carbonyl (C=O) groups is 2. The molecule has 122 valence electrons. The highest BCUT2D eigenvalue weighted by molar-refractivity contribution is 14.1. The fraction of sp³-hybridized carbons (Fsp3) is 0.111. The van der Waals surface area contributed by atoms with Crippen molar-refractivity contribution >= 4 is 57.4 Å². The van der Waals surface area contributed by atoms with Crippen LogP contribution >= 0.6 is 34.2 Å². The van der Waals surface area contributed by atoms with E-state index in [1.807, 2.05) is 43.3 Å². The molecular formula is C18H14ClIN2O2. The minimum Gasteiger partial charge on any atom is -0.350 e. The number of carbonyl (C=O) groups excluding carboxylic acids is 2. The molecule has 2 aromatic carbocycles.